The van der Waals surface area contributed by atoms with Crippen molar-refractivity contribution in [3.63, 3.8) is 0 Å². The monoisotopic (exact) mass is 290 g/mol. The number of carboxylic acid groups (broad SMARTS) is 1. The molecule has 1 aromatic rings. The summed E-state index contributed by atoms with van der Waals surface area (Å²) in [6, 6.07) is 6.15. The van der Waals surface area contributed by atoms with Crippen molar-refractivity contribution in [2.75, 3.05) is 33.7 Å². The van der Waals surface area contributed by atoms with Gasteiger partial charge in [0.1, 0.15) is 0 Å². The van der Waals surface area contributed by atoms with Gasteiger partial charge in [-0.05, 0) is 57.1 Å². The van der Waals surface area contributed by atoms with Gasteiger partial charge in [-0.25, -0.2) is 4.79 Å². The van der Waals surface area contributed by atoms with Gasteiger partial charge in [0.25, 0.3) is 5.91 Å². The highest BCUT2D eigenvalue weighted by Crippen LogP contribution is 2.19. The first-order valence-corrected chi connectivity index (χ1v) is 7.24. The van der Waals surface area contributed by atoms with Crippen LogP contribution in [0.25, 0.3) is 0 Å². The smallest absolute Gasteiger partial charge is 0.335 e. The van der Waals surface area contributed by atoms with E-state index in [2.05, 4.69) is 19.0 Å². The number of benzene rings is 1. The molecule has 21 heavy (non-hydrogen) atoms. The van der Waals surface area contributed by atoms with Crippen molar-refractivity contribution in [3.05, 3.63) is 35.4 Å². The van der Waals surface area contributed by atoms with Crippen LogP contribution in [0.4, 0.5) is 0 Å². The van der Waals surface area contributed by atoms with Crippen LogP contribution >= 0.6 is 0 Å². The Morgan fingerprint density at radius 1 is 1.14 bits per heavy atom. The molecule has 0 atom stereocenters. The summed E-state index contributed by atoms with van der Waals surface area (Å²) in [5.74, 6) is -0.327. The van der Waals surface area contributed by atoms with Gasteiger partial charge in [0.05, 0.1) is 5.56 Å². The van der Waals surface area contributed by atoms with E-state index in [1.165, 1.54) is 12.1 Å². The molecule has 0 aromatic heterocycles. The molecule has 1 amide bonds. The first-order chi connectivity index (χ1) is 9.97. The third kappa shape index (κ3) is 4.04. The number of piperidine rings is 1. The van der Waals surface area contributed by atoms with Crippen LogP contribution in [-0.4, -0.2) is 60.5 Å². The number of carbonyl (C=O) groups excluding carboxylic acids is 1. The highest BCUT2D eigenvalue weighted by molar-refractivity contribution is 5.95. The second-order valence-corrected chi connectivity index (χ2v) is 5.88. The summed E-state index contributed by atoms with van der Waals surface area (Å²) >= 11 is 0. The molecule has 1 fully saturated rings. The maximum atomic E-state index is 12.4. The van der Waals surface area contributed by atoms with Crippen molar-refractivity contribution in [2.24, 2.45) is 5.92 Å². The van der Waals surface area contributed by atoms with E-state index in [0.29, 0.717) is 11.5 Å². The minimum atomic E-state index is -0.974. The van der Waals surface area contributed by atoms with Gasteiger partial charge < -0.3 is 14.9 Å². The summed E-state index contributed by atoms with van der Waals surface area (Å²) in [4.78, 5) is 27.2. The summed E-state index contributed by atoms with van der Waals surface area (Å²) in [5.41, 5.74) is 0.766. The number of nitrogens with zero attached hydrogens (tertiary/aromatic N) is 2. The quantitative estimate of drug-likeness (QED) is 0.918. The van der Waals surface area contributed by atoms with Crippen molar-refractivity contribution in [1.29, 1.82) is 0 Å². The molecule has 0 aliphatic carbocycles. The molecular weight excluding hydrogens is 268 g/mol. The minimum Gasteiger partial charge on any atom is -0.478 e. The number of rotatable bonds is 4. The Morgan fingerprint density at radius 2 is 1.67 bits per heavy atom. The molecular formula is C16H22N2O3. The topological polar surface area (TPSA) is 60.9 Å². The van der Waals surface area contributed by atoms with Gasteiger partial charge in [0.2, 0.25) is 0 Å². The van der Waals surface area contributed by atoms with E-state index in [0.717, 1.165) is 32.5 Å². The first-order valence-electron chi connectivity index (χ1n) is 7.24. The van der Waals surface area contributed by atoms with Crippen LogP contribution in [0.3, 0.4) is 0 Å². The molecule has 1 N–H and O–H groups in total. The zero-order valence-electron chi connectivity index (χ0n) is 12.6. The number of carbonyl (C=O) groups is 2. The number of amides is 1. The van der Waals surface area contributed by atoms with E-state index in [-0.39, 0.29) is 11.5 Å². The van der Waals surface area contributed by atoms with Gasteiger partial charge in [0.15, 0.2) is 0 Å². The molecule has 0 bridgehead atoms. The Morgan fingerprint density at radius 3 is 2.14 bits per heavy atom. The van der Waals surface area contributed by atoms with E-state index in [9.17, 15) is 9.59 Å². The normalized spacial score (nSPS) is 16.2. The van der Waals surface area contributed by atoms with Gasteiger partial charge in [-0.15, -0.1) is 0 Å². The van der Waals surface area contributed by atoms with Gasteiger partial charge in [0, 0.05) is 25.2 Å². The average molecular weight is 290 g/mol. The predicted molar refractivity (Wildman–Crippen MR) is 80.6 cm³/mol. The number of hydrogen-bond donors (Lipinski definition) is 1. The molecule has 0 unspecified atom stereocenters. The summed E-state index contributed by atoms with van der Waals surface area (Å²) in [6.07, 6.45) is 2.05. The van der Waals surface area contributed by atoms with Crippen molar-refractivity contribution < 1.29 is 14.7 Å². The van der Waals surface area contributed by atoms with E-state index < -0.39 is 5.97 Å². The number of likely N-dealkylation sites (tertiary alicyclic amines) is 1. The molecule has 1 heterocycles. The fourth-order valence-corrected chi connectivity index (χ4v) is 2.77. The van der Waals surface area contributed by atoms with Gasteiger partial charge >= 0.3 is 5.97 Å². The molecule has 2 rings (SSSR count). The molecule has 1 aromatic carbocycles. The van der Waals surface area contributed by atoms with Gasteiger partial charge in [-0.1, -0.05) is 0 Å². The Hall–Kier alpha value is -1.88. The van der Waals surface area contributed by atoms with Crippen LogP contribution in [0.5, 0.6) is 0 Å². The molecule has 0 saturated carbocycles. The Balaban J connectivity index is 1.94. The zero-order valence-corrected chi connectivity index (χ0v) is 12.6. The number of hydrogen-bond acceptors (Lipinski definition) is 3. The maximum Gasteiger partial charge on any atom is 0.335 e. The van der Waals surface area contributed by atoms with Gasteiger partial charge in [-0.2, -0.15) is 0 Å². The van der Waals surface area contributed by atoms with Crippen molar-refractivity contribution in [1.82, 2.24) is 9.80 Å². The van der Waals surface area contributed by atoms with Crippen LogP contribution in [-0.2, 0) is 0 Å². The van der Waals surface area contributed by atoms with Crippen LogP contribution in [0.1, 0.15) is 33.6 Å². The third-order valence-corrected chi connectivity index (χ3v) is 3.90. The highest BCUT2D eigenvalue weighted by atomic mass is 16.4. The molecule has 0 radical (unpaired) electrons. The lowest BCUT2D eigenvalue weighted by molar-refractivity contribution is 0.0671. The summed E-state index contributed by atoms with van der Waals surface area (Å²) in [5, 5.41) is 8.86. The summed E-state index contributed by atoms with van der Waals surface area (Å²) in [7, 11) is 4.14. The van der Waals surface area contributed by atoms with Crippen LogP contribution in [0.2, 0.25) is 0 Å². The van der Waals surface area contributed by atoms with Crippen molar-refractivity contribution >= 4 is 11.9 Å². The number of aromatic carboxylic acids is 1. The Labute approximate surface area is 125 Å². The molecule has 5 heteroatoms. The highest BCUT2D eigenvalue weighted by Gasteiger charge is 2.23. The van der Waals surface area contributed by atoms with Crippen LogP contribution < -0.4 is 0 Å². The largest absolute Gasteiger partial charge is 0.478 e. The van der Waals surface area contributed by atoms with Crippen LogP contribution in [0.15, 0.2) is 24.3 Å². The SMILES string of the molecule is CN(C)CC1CCN(C(=O)c2ccc(C(=O)O)cc2)CC1. The van der Waals surface area contributed by atoms with E-state index in [1.807, 2.05) is 4.90 Å². The van der Waals surface area contributed by atoms with E-state index in [4.69, 9.17) is 5.11 Å². The average Bonchev–Trinajstić information content (AvgIpc) is 2.47. The molecule has 5 nitrogen and oxygen atoms in total. The Bertz CT molecular complexity index is 503. The third-order valence-electron chi connectivity index (χ3n) is 3.90. The van der Waals surface area contributed by atoms with Crippen molar-refractivity contribution in [2.45, 2.75) is 12.8 Å². The van der Waals surface area contributed by atoms with Crippen molar-refractivity contribution in [3.8, 4) is 0 Å². The molecule has 1 saturated heterocycles. The fourth-order valence-electron chi connectivity index (χ4n) is 2.77. The lowest BCUT2D eigenvalue weighted by atomic mass is 9.96. The Kier molecular flexibility index (Phi) is 4.96. The van der Waals surface area contributed by atoms with Gasteiger partial charge in [-0.3, -0.25) is 4.79 Å². The van der Waals surface area contributed by atoms with E-state index >= 15 is 0 Å². The van der Waals surface area contributed by atoms with E-state index in [1.54, 1.807) is 12.1 Å². The molecule has 114 valence electrons. The predicted octanol–water partition coefficient (Wildman–Crippen LogP) is 1.80. The second kappa shape index (κ2) is 6.72. The second-order valence-electron chi connectivity index (χ2n) is 5.88. The minimum absolute atomic E-state index is 0.00441. The lowest BCUT2D eigenvalue weighted by Gasteiger charge is -2.33. The fraction of sp³-hybridized carbons (Fsp3) is 0.500. The summed E-state index contributed by atoms with van der Waals surface area (Å²) in [6.45, 7) is 2.62. The van der Waals surface area contributed by atoms with Crippen LogP contribution in [0, 0.1) is 5.92 Å². The standard InChI is InChI=1S/C16H22N2O3/c1-17(2)11-12-7-9-18(10-8-12)15(19)13-3-5-14(6-4-13)16(20)21/h3-6,12H,7-11H2,1-2H3,(H,20,21). The maximum absolute atomic E-state index is 12.4. The summed E-state index contributed by atoms with van der Waals surface area (Å²) < 4.78 is 0. The molecule has 1 aliphatic rings. The first kappa shape index (κ1) is 15.5. The molecule has 1 aliphatic heterocycles. The lowest BCUT2D eigenvalue weighted by Crippen LogP contribution is -2.40. The zero-order chi connectivity index (χ0) is 15.4. The number of carboxylic acids is 1. The molecule has 0 spiro atoms.